The van der Waals surface area contributed by atoms with E-state index in [0.717, 1.165) is 5.56 Å². The Bertz CT molecular complexity index is 495. The first-order valence-electron chi connectivity index (χ1n) is 5.24. The van der Waals surface area contributed by atoms with Crippen LogP contribution < -0.4 is 5.32 Å². The van der Waals surface area contributed by atoms with E-state index >= 15 is 0 Å². The number of aromatic nitrogens is 5. The molecule has 17 heavy (non-hydrogen) atoms. The van der Waals surface area contributed by atoms with Gasteiger partial charge in [-0.2, -0.15) is 0 Å². The number of carbonyl (C=O) groups excluding carboxylic acids is 1. The quantitative estimate of drug-likeness (QED) is 0.814. The second-order valence-electron chi connectivity index (χ2n) is 3.34. The molecule has 0 unspecified atom stereocenters. The van der Waals surface area contributed by atoms with Crippen LogP contribution in [-0.4, -0.2) is 31.1 Å². The number of pyridine rings is 1. The Morgan fingerprint density at radius 3 is 3.12 bits per heavy atom. The molecule has 2 heterocycles. The van der Waals surface area contributed by atoms with E-state index in [0.29, 0.717) is 12.2 Å². The van der Waals surface area contributed by atoms with Crippen LogP contribution in [0.1, 0.15) is 13.3 Å². The highest BCUT2D eigenvalue weighted by Gasteiger charge is 2.05. The van der Waals surface area contributed by atoms with Crippen molar-refractivity contribution in [3.05, 3.63) is 24.5 Å². The molecule has 2 rings (SSSR count). The Morgan fingerprint density at radius 2 is 2.41 bits per heavy atom. The van der Waals surface area contributed by atoms with Gasteiger partial charge in [0.2, 0.25) is 11.7 Å². The lowest BCUT2D eigenvalue weighted by Gasteiger charge is -2.00. The van der Waals surface area contributed by atoms with Gasteiger partial charge < -0.3 is 5.32 Å². The summed E-state index contributed by atoms with van der Waals surface area (Å²) >= 11 is 0. The summed E-state index contributed by atoms with van der Waals surface area (Å²) < 4.78 is 0. The van der Waals surface area contributed by atoms with Gasteiger partial charge in [-0.25, -0.2) is 0 Å². The van der Waals surface area contributed by atoms with Gasteiger partial charge in [0, 0.05) is 24.4 Å². The van der Waals surface area contributed by atoms with Crippen LogP contribution in [0.2, 0.25) is 0 Å². The van der Waals surface area contributed by atoms with Gasteiger partial charge in [-0.1, -0.05) is 6.92 Å². The second kappa shape index (κ2) is 5.15. The molecule has 1 amide bonds. The molecule has 0 atom stereocenters. The number of hydrogen-bond acceptors (Lipinski definition) is 5. The van der Waals surface area contributed by atoms with Crippen molar-refractivity contribution in [1.82, 2.24) is 30.5 Å². The van der Waals surface area contributed by atoms with E-state index in [9.17, 15) is 4.79 Å². The van der Waals surface area contributed by atoms with Crippen LogP contribution in [-0.2, 0) is 11.5 Å². The zero-order valence-corrected chi connectivity index (χ0v) is 9.37. The van der Waals surface area contributed by atoms with E-state index in [1.54, 1.807) is 25.4 Å². The summed E-state index contributed by atoms with van der Waals surface area (Å²) in [5, 5.41) is 14.5. The van der Waals surface area contributed by atoms with E-state index in [1.807, 2.05) is 6.07 Å². The lowest BCUT2D eigenvalue weighted by molar-refractivity contribution is -0.121. The number of amides is 1. The average molecular weight is 232 g/mol. The van der Waals surface area contributed by atoms with Crippen molar-refractivity contribution in [2.24, 2.45) is 0 Å². The summed E-state index contributed by atoms with van der Waals surface area (Å²) in [6.07, 6.45) is 3.77. The van der Waals surface area contributed by atoms with Gasteiger partial charge in [-0.05, 0) is 17.3 Å². The molecule has 2 aromatic rings. The predicted octanol–water partition coefficient (Wildman–Crippen LogP) is 0.219. The summed E-state index contributed by atoms with van der Waals surface area (Å²) in [7, 11) is 0. The van der Waals surface area contributed by atoms with E-state index in [-0.39, 0.29) is 12.6 Å². The van der Waals surface area contributed by atoms with E-state index < -0.39 is 0 Å². The maximum atomic E-state index is 11.1. The van der Waals surface area contributed by atoms with Crippen LogP contribution in [0.3, 0.4) is 0 Å². The third-order valence-corrected chi connectivity index (χ3v) is 2.11. The van der Waals surface area contributed by atoms with Crippen LogP contribution in [0.4, 0.5) is 0 Å². The number of nitrogens with one attached hydrogen (secondary N) is 1. The molecule has 0 saturated heterocycles. The molecule has 0 aliphatic heterocycles. The molecule has 0 aliphatic rings. The average Bonchev–Trinajstić information content (AvgIpc) is 2.86. The molecule has 7 heteroatoms. The molecule has 1 N–H and O–H groups in total. The molecule has 7 nitrogen and oxygen atoms in total. The largest absolute Gasteiger partial charge is 0.335 e. The molecule has 0 fully saturated rings. The minimum Gasteiger partial charge on any atom is -0.335 e. The third-order valence-electron chi connectivity index (χ3n) is 2.11. The topological polar surface area (TPSA) is 85.6 Å². The highest BCUT2D eigenvalue weighted by atomic mass is 16.1. The Balaban J connectivity index is 2.04. The van der Waals surface area contributed by atoms with Crippen LogP contribution >= 0.6 is 0 Å². The lowest BCUT2D eigenvalue weighted by Crippen LogP contribution is -2.26. The Kier molecular flexibility index (Phi) is 3.39. The number of nitrogens with zero attached hydrogens (tertiary/aromatic N) is 5. The Morgan fingerprint density at radius 1 is 1.53 bits per heavy atom. The number of rotatable bonds is 4. The Labute approximate surface area is 97.9 Å². The van der Waals surface area contributed by atoms with Crippen molar-refractivity contribution in [3.63, 3.8) is 0 Å². The first-order valence-corrected chi connectivity index (χ1v) is 5.24. The zero-order chi connectivity index (χ0) is 12.1. The molecule has 0 aliphatic carbocycles. The van der Waals surface area contributed by atoms with Crippen molar-refractivity contribution >= 4 is 5.91 Å². The summed E-state index contributed by atoms with van der Waals surface area (Å²) in [4.78, 5) is 16.4. The molecule has 0 bridgehead atoms. The van der Waals surface area contributed by atoms with Crippen molar-refractivity contribution < 1.29 is 4.79 Å². The third kappa shape index (κ3) is 2.83. The van der Waals surface area contributed by atoms with E-state index in [2.05, 4.69) is 25.7 Å². The number of carbonyl (C=O) groups is 1. The minimum absolute atomic E-state index is 0.0507. The highest BCUT2D eigenvalue weighted by Crippen LogP contribution is 2.09. The summed E-state index contributed by atoms with van der Waals surface area (Å²) in [5.41, 5.74) is 0.792. The smallest absolute Gasteiger partial charge is 0.221 e. The minimum atomic E-state index is -0.0507. The zero-order valence-electron chi connectivity index (χ0n) is 9.37. The lowest BCUT2D eigenvalue weighted by atomic mass is 10.3. The molecule has 88 valence electrons. The number of tetrazole rings is 1. The Hall–Kier alpha value is -2.31. The second-order valence-corrected chi connectivity index (χ2v) is 3.34. The molecular weight excluding hydrogens is 220 g/mol. The first-order chi connectivity index (χ1) is 8.29. The normalized spacial score (nSPS) is 10.2. The van der Waals surface area contributed by atoms with Crippen LogP contribution in [0, 0.1) is 0 Å². The van der Waals surface area contributed by atoms with Crippen molar-refractivity contribution in [2.45, 2.75) is 20.0 Å². The van der Waals surface area contributed by atoms with Gasteiger partial charge in [0.05, 0.1) is 0 Å². The summed E-state index contributed by atoms with van der Waals surface area (Å²) in [6, 6.07) is 3.65. The molecule has 2 aromatic heterocycles. The van der Waals surface area contributed by atoms with Crippen molar-refractivity contribution in [1.29, 1.82) is 0 Å². The van der Waals surface area contributed by atoms with E-state index in [1.165, 1.54) is 4.80 Å². The molecule has 0 spiro atoms. The summed E-state index contributed by atoms with van der Waals surface area (Å²) in [5.74, 6) is 0.439. The first kappa shape index (κ1) is 11.2. The van der Waals surface area contributed by atoms with Gasteiger partial charge in [0.1, 0.15) is 6.67 Å². The SMILES string of the molecule is CCC(=O)NCn1nnc(-c2cccnc2)n1. The van der Waals surface area contributed by atoms with Gasteiger partial charge >= 0.3 is 0 Å². The fourth-order valence-electron chi connectivity index (χ4n) is 1.20. The maximum Gasteiger partial charge on any atom is 0.221 e. The predicted molar refractivity (Wildman–Crippen MR) is 59.5 cm³/mol. The van der Waals surface area contributed by atoms with Gasteiger partial charge in [-0.3, -0.25) is 9.78 Å². The maximum absolute atomic E-state index is 11.1. The van der Waals surface area contributed by atoms with Crippen molar-refractivity contribution in [3.8, 4) is 11.4 Å². The van der Waals surface area contributed by atoms with Gasteiger partial charge in [0.25, 0.3) is 0 Å². The standard InChI is InChI=1S/C10H12N6O/c1-2-9(17)12-7-16-14-10(13-15-16)8-4-3-5-11-6-8/h3-6H,2,7H2,1H3,(H,12,17). The highest BCUT2D eigenvalue weighted by molar-refractivity contribution is 5.75. The molecule has 0 radical (unpaired) electrons. The van der Waals surface area contributed by atoms with Crippen LogP contribution in [0.25, 0.3) is 11.4 Å². The fourth-order valence-corrected chi connectivity index (χ4v) is 1.20. The summed E-state index contributed by atoms with van der Waals surface area (Å²) in [6.45, 7) is 2.01. The van der Waals surface area contributed by atoms with Gasteiger partial charge in [-0.15, -0.1) is 15.0 Å². The monoisotopic (exact) mass is 232 g/mol. The number of hydrogen-bond donors (Lipinski definition) is 1. The molecule has 0 saturated carbocycles. The molecule has 0 aromatic carbocycles. The van der Waals surface area contributed by atoms with Crippen molar-refractivity contribution in [2.75, 3.05) is 0 Å². The van der Waals surface area contributed by atoms with Gasteiger partial charge in [0.15, 0.2) is 0 Å². The van der Waals surface area contributed by atoms with E-state index in [4.69, 9.17) is 0 Å². The van der Waals surface area contributed by atoms with Crippen LogP contribution in [0.15, 0.2) is 24.5 Å². The fraction of sp³-hybridized carbons (Fsp3) is 0.300. The van der Waals surface area contributed by atoms with Crippen LogP contribution in [0.5, 0.6) is 0 Å². The molecular formula is C10H12N6O.